The predicted octanol–water partition coefficient (Wildman–Crippen LogP) is 4.79. The molecule has 21 heavy (non-hydrogen) atoms. The Kier molecular flexibility index (Phi) is 4.88. The molecule has 2 aromatic rings. The number of nitro benzene ring substituents is 1. The molecule has 0 amide bonds. The summed E-state index contributed by atoms with van der Waals surface area (Å²) in [6.45, 7) is 0. The van der Waals surface area contributed by atoms with Crippen molar-refractivity contribution in [1.82, 2.24) is 0 Å². The van der Waals surface area contributed by atoms with E-state index in [4.69, 9.17) is 32.7 Å². The zero-order valence-electron chi connectivity index (χ0n) is 11.0. The van der Waals surface area contributed by atoms with Crippen LogP contribution in [-0.4, -0.2) is 12.0 Å². The normalized spacial score (nSPS) is 10.2. The van der Waals surface area contributed by atoms with Crippen LogP contribution in [0.25, 0.3) is 0 Å². The second kappa shape index (κ2) is 6.65. The van der Waals surface area contributed by atoms with Crippen molar-refractivity contribution in [1.29, 1.82) is 0 Å². The van der Waals surface area contributed by atoms with Gasteiger partial charge in [0, 0.05) is 16.7 Å². The highest BCUT2D eigenvalue weighted by Gasteiger charge is 2.15. The first-order chi connectivity index (χ1) is 10.1. The molecule has 2 aromatic carbocycles. The minimum Gasteiger partial charge on any atom is -0.493 e. The van der Waals surface area contributed by atoms with Gasteiger partial charge in [0.2, 0.25) is 0 Å². The molecule has 110 valence electrons. The molecule has 7 heteroatoms. The van der Waals surface area contributed by atoms with Crippen LogP contribution in [0.3, 0.4) is 0 Å². The summed E-state index contributed by atoms with van der Waals surface area (Å²) < 4.78 is 10.8. The van der Waals surface area contributed by atoms with Crippen LogP contribution in [0.4, 0.5) is 5.69 Å². The van der Waals surface area contributed by atoms with Crippen molar-refractivity contribution in [2.24, 2.45) is 0 Å². The van der Waals surface area contributed by atoms with Gasteiger partial charge < -0.3 is 9.47 Å². The van der Waals surface area contributed by atoms with Gasteiger partial charge >= 0.3 is 0 Å². The Morgan fingerprint density at radius 1 is 1.19 bits per heavy atom. The summed E-state index contributed by atoms with van der Waals surface area (Å²) in [5.74, 6) is 1.18. The molecule has 0 atom stereocenters. The Morgan fingerprint density at radius 2 is 1.95 bits per heavy atom. The fourth-order valence-corrected chi connectivity index (χ4v) is 2.32. The molecule has 0 spiro atoms. The van der Waals surface area contributed by atoms with E-state index in [2.05, 4.69) is 0 Å². The number of halogens is 2. The van der Waals surface area contributed by atoms with E-state index >= 15 is 0 Å². The minimum atomic E-state index is -0.507. The maximum absolute atomic E-state index is 10.8. The molecule has 0 saturated carbocycles. The van der Waals surface area contributed by atoms with Gasteiger partial charge in [-0.3, -0.25) is 10.1 Å². The number of hydrogen-bond acceptors (Lipinski definition) is 4. The first-order valence-electron chi connectivity index (χ1n) is 5.90. The van der Waals surface area contributed by atoms with E-state index in [0.29, 0.717) is 22.1 Å². The van der Waals surface area contributed by atoms with Gasteiger partial charge in [-0.15, -0.1) is 11.6 Å². The summed E-state index contributed by atoms with van der Waals surface area (Å²) in [7, 11) is 1.45. The number of benzene rings is 2. The fourth-order valence-electron chi connectivity index (χ4n) is 1.74. The van der Waals surface area contributed by atoms with E-state index in [1.54, 1.807) is 18.2 Å². The van der Waals surface area contributed by atoms with Crippen LogP contribution in [0.1, 0.15) is 5.56 Å². The molecule has 0 saturated heterocycles. The van der Waals surface area contributed by atoms with Crippen molar-refractivity contribution < 1.29 is 14.4 Å². The topological polar surface area (TPSA) is 61.6 Å². The van der Waals surface area contributed by atoms with Gasteiger partial charge in [-0.05, 0) is 18.2 Å². The van der Waals surface area contributed by atoms with Crippen molar-refractivity contribution in [2.45, 2.75) is 5.88 Å². The number of alkyl halides is 1. The van der Waals surface area contributed by atoms with Crippen LogP contribution >= 0.6 is 23.2 Å². The van der Waals surface area contributed by atoms with Gasteiger partial charge in [0.05, 0.1) is 24.0 Å². The first kappa shape index (κ1) is 15.4. The first-order valence-corrected chi connectivity index (χ1v) is 6.81. The summed E-state index contributed by atoms with van der Waals surface area (Å²) in [5, 5.41) is 11.3. The Labute approximate surface area is 131 Å². The lowest BCUT2D eigenvalue weighted by Gasteiger charge is -2.13. The smallest absolute Gasteiger partial charge is 0.273 e. The molecule has 0 unspecified atom stereocenters. The quantitative estimate of drug-likeness (QED) is 0.450. The second-order valence-corrected chi connectivity index (χ2v) is 4.72. The second-order valence-electron chi connectivity index (χ2n) is 4.04. The Hall–Kier alpha value is -1.98. The maximum Gasteiger partial charge on any atom is 0.273 e. The van der Waals surface area contributed by atoms with Crippen molar-refractivity contribution in [3.63, 3.8) is 0 Å². The Bertz CT molecular complexity index is 676. The average Bonchev–Trinajstić information content (AvgIpc) is 2.47. The van der Waals surface area contributed by atoms with Crippen molar-refractivity contribution in [3.8, 4) is 17.2 Å². The van der Waals surface area contributed by atoms with E-state index in [0.717, 1.165) is 0 Å². The lowest BCUT2D eigenvalue weighted by atomic mass is 10.2. The van der Waals surface area contributed by atoms with Gasteiger partial charge in [-0.25, -0.2) is 0 Å². The van der Waals surface area contributed by atoms with Crippen LogP contribution < -0.4 is 9.47 Å². The molecular formula is C14H11Cl2NO4. The number of non-ortho nitro benzene ring substituents is 1. The van der Waals surface area contributed by atoms with Crippen LogP contribution in [0.2, 0.25) is 5.02 Å². The standard InChI is InChI=1S/C14H11Cl2NO4/c1-20-13-6-5-9(17(18)19)7-14(13)21-12-4-2-3-11(16)10(12)8-15/h2-7H,8H2,1H3. The fraction of sp³-hybridized carbons (Fsp3) is 0.143. The summed E-state index contributed by atoms with van der Waals surface area (Å²) in [4.78, 5) is 10.3. The highest BCUT2D eigenvalue weighted by atomic mass is 35.5. The SMILES string of the molecule is COc1ccc([N+](=O)[O-])cc1Oc1cccc(Cl)c1CCl. The van der Waals surface area contributed by atoms with Gasteiger partial charge in [0.1, 0.15) is 5.75 Å². The number of nitro groups is 1. The van der Waals surface area contributed by atoms with Gasteiger partial charge in [0.25, 0.3) is 5.69 Å². The number of hydrogen-bond donors (Lipinski definition) is 0. The van der Waals surface area contributed by atoms with Crippen molar-refractivity contribution in [3.05, 3.63) is 57.1 Å². The van der Waals surface area contributed by atoms with Gasteiger partial charge in [0.15, 0.2) is 11.5 Å². The van der Waals surface area contributed by atoms with E-state index in [-0.39, 0.29) is 17.3 Å². The summed E-state index contributed by atoms with van der Waals surface area (Å²) in [6.07, 6.45) is 0. The van der Waals surface area contributed by atoms with E-state index in [9.17, 15) is 10.1 Å². The summed E-state index contributed by atoms with van der Waals surface area (Å²) >= 11 is 11.9. The van der Waals surface area contributed by atoms with Crippen LogP contribution in [0, 0.1) is 10.1 Å². The average molecular weight is 328 g/mol. The Balaban J connectivity index is 2.45. The zero-order chi connectivity index (χ0) is 15.4. The molecule has 0 fully saturated rings. The molecule has 2 rings (SSSR count). The van der Waals surface area contributed by atoms with Gasteiger partial charge in [-0.1, -0.05) is 17.7 Å². The molecule has 0 aliphatic heterocycles. The van der Waals surface area contributed by atoms with Crippen molar-refractivity contribution >= 4 is 28.9 Å². The third kappa shape index (κ3) is 3.37. The van der Waals surface area contributed by atoms with Crippen LogP contribution in [0.15, 0.2) is 36.4 Å². The third-order valence-electron chi connectivity index (χ3n) is 2.79. The summed E-state index contributed by atoms with van der Waals surface area (Å²) in [6, 6.07) is 9.18. The van der Waals surface area contributed by atoms with E-state index in [1.165, 1.54) is 25.3 Å². The zero-order valence-corrected chi connectivity index (χ0v) is 12.5. The highest BCUT2D eigenvalue weighted by Crippen LogP contribution is 2.37. The lowest BCUT2D eigenvalue weighted by Crippen LogP contribution is -1.95. The number of rotatable bonds is 5. The Morgan fingerprint density at radius 3 is 2.57 bits per heavy atom. The van der Waals surface area contributed by atoms with Gasteiger partial charge in [-0.2, -0.15) is 0 Å². The molecule has 0 heterocycles. The largest absolute Gasteiger partial charge is 0.493 e. The molecule has 0 aliphatic rings. The maximum atomic E-state index is 10.8. The molecule has 0 aromatic heterocycles. The molecule has 0 bridgehead atoms. The molecular weight excluding hydrogens is 317 g/mol. The monoisotopic (exact) mass is 327 g/mol. The molecule has 0 aliphatic carbocycles. The number of ether oxygens (including phenoxy) is 2. The molecule has 0 N–H and O–H groups in total. The molecule has 0 radical (unpaired) electrons. The lowest BCUT2D eigenvalue weighted by molar-refractivity contribution is -0.384. The van der Waals surface area contributed by atoms with Crippen molar-refractivity contribution in [2.75, 3.05) is 7.11 Å². The van der Waals surface area contributed by atoms with Crippen LogP contribution in [0.5, 0.6) is 17.2 Å². The highest BCUT2D eigenvalue weighted by molar-refractivity contribution is 6.32. The number of nitrogens with zero attached hydrogens (tertiary/aromatic N) is 1. The predicted molar refractivity (Wildman–Crippen MR) is 80.7 cm³/mol. The van der Waals surface area contributed by atoms with E-state index in [1.807, 2.05) is 0 Å². The van der Waals surface area contributed by atoms with E-state index < -0.39 is 4.92 Å². The minimum absolute atomic E-state index is 0.0970. The number of methoxy groups -OCH3 is 1. The van der Waals surface area contributed by atoms with Crippen LogP contribution in [-0.2, 0) is 5.88 Å². The summed E-state index contributed by atoms with van der Waals surface area (Å²) in [5.41, 5.74) is 0.509. The third-order valence-corrected chi connectivity index (χ3v) is 3.41. The molecule has 5 nitrogen and oxygen atoms in total.